The van der Waals surface area contributed by atoms with E-state index in [1.807, 2.05) is 48.5 Å². The van der Waals surface area contributed by atoms with Gasteiger partial charge in [-0.15, -0.1) is 0 Å². The highest BCUT2D eigenvalue weighted by atomic mass is 16.6. The topological polar surface area (TPSA) is 249 Å². The molecule has 0 fully saturated rings. The van der Waals surface area contributed by atoms with Crippen LogP contribution in [0.5, 0.6) is 0 Å². The number of nitrogens with two attached hydrogens (primary N) is 1. The second kappa shape index (κ2) is 29.2. The molecule has 3 aromatic rings. The molecule has 0 bridgehead atoms. The lowest BCUT2D eigenvalue weighted by Crippen LogP contribution is -2.54. The Morgan fingerprint density at radius 2 is 1.30 bits per heavy atom. The van der Waals surface area contributed by atoms with Crippen LogP contribution in [0.25, 0.3) is 0 Å². The highest BCUT2D eigenvalue weighted by Gasteiger charge is 2.29. The van der Waals surface area contributed by atoms with Crippen LogP contribution in [0.15, 0.2) is 72.8 Å². The summed E-state index contributed by atoms with van der Waals surface area (Å²) in [4.78, 5) is 78.0. The number of aliphatic hydroxyl groups excluding tert-OH is 1. The fourth-order valence-corrected chi connectivity index (χ4v) is 6.59. The molecule has 8 N–H and O–H groups in total. The Kier molecular flexibility index (Phi) is 23.1. The molecule has 18 nitrogen and oxygen atoms in total. The molecule has 0 aliphatic carbocycles. The second-order valence-electron chi connectivity index (χ2n) is 15.6. The molecule has 1 heterocycles. The third-order valence-corrected chi connectivity index (χ3v) is 10.2. The number of nitrogens with one attached hydrogen (secondary N) is 5. The minimum absolute atomic E-state index is 0.00410. The number of hydrogen-bond donors (Lipinski definition) is 7. The Labute approximate surface area is 386 Å². The molecular weight excluding hydrogens is 851 g/mol. The average molecular weight is 914 g/mol. The normalized spacial score (nSPS) is 12.5. The van der Waals surface area contributed by atoms with Crippen LogP contribution in [0.3, 0.4) is 0 Å². The number of nitrogens with zero attached hydrogens (tertiary/aromatic N) is 1. The van der Waals surface area contributed by atoms with Crippen molar-refractivity contribution in [1.29, 1.82) is 0 Å². The standard InChI is InChI=1S/C48H63N7O11/c1-34(2)45(47(61)53-40(11-7-22-51-48(49)62)46(60)52-39-17-13-35(33-56)14-18-39)54-43(58)21-24-63-26-28-65-30-31-66-29-27-64-25-23-50-42(57)19-20-44(59)55-32-38-10-4-3-8-36(38)15-16-37-9-5-6-12-41(37)55/h3-6,8-10,12-14,17-18,34,40,45,56H,7,11,19-33H2,1-2H3,(H,50,57)(H,52,60)(H,53,61)(H,54,58)(H3,49,51,62)/t40-,45?/m0/s1. The number of benzene rings is 3. The van der Waals surface area contributed by atoms with E-state index in [1.165, 1.54) is 0 Å². The number of fused-ring (bicyclic) bond motifs is 2. The molecule has 1 unspecified atom stereocenters. The van der Waals surface area contributed by atoms with Crippen LogP contribution in [0, 0.1) is 17.8 Å². The number of para-hydroxylation sites is 1. The molecule has 66 heavy (non-hydrogen) atoms. The summed E-state index contributed by atoms with van der Waals surface area (Å²) in [5.41, 5.74) is 9.59. The van der Waals surface area contributed by atoms with Gasteiger partial charge in [-0.3, -0.25) is 24.0 Å². The van der Waals surface area contributed by atoms with Crippen molar-refractivity contribution in [2.24, 2.45) is 11.7 Å². The lowest BCUT2D eigenvalue weighted by Gasteiger charge is -2.26. The predicted molar refractivity (Wildman–Crippen MR) is 247 cm³/mol. The van der Waals surface area contributed by atoms with Crippen LogP contribution in [0.1, 0.15) is 68.2 Å². The van der Waals surface area contributed by atoms with Crippen molar-refractivity contribution in [3.8, 4) is 11.8 Å². The zero-order valence-electron chi connectivity index (χ0n) is 37.7. The molecule has 7 amide bonds. The Balaban J connectivity index is 1.01. The SMILES string of the molecule is CC(C)C(NC(=O)CCOCCOCCOCCOCCNC(=O)CCC(=O)N1Cc2ccccc2C#Cc2ccccc21)C(=O)N[C@@H](CCCNC(N)=O)C(=O)Nc1ccc(CO)cc1. The number of rotatable bonds is 29. The van der Waals surface area contributed by atoms with Gasteiger partial charge in [0.15, 0.2) is 0 Å². The quantitative estimate of drug-likeness (QED) is 0.0394. The Morgan fingerprint density at radius 3 is 1.97 bits per heavy atom. The lowest BCUT2D eigenvalue weighted by atomic mass is 10.0. The molecule has 0 saturated heterocycles. The number of amides is 7. The first-order chi connectivity index (χ1) is 31.9. The second-order valence-corrected chi connectivity index (χ2v) is 15.6. The summed E-state index contributed by atoms with van der Waals surface area (Å²) >= 11 is 0. The molecule has 18 heteroatoms. The molecule has 356 valence electrons. The summed E-state index contributed by atoms with van der Waals surface area (Å²) in [6.45, 7) is 6.48. The Bertz CT molecular complexity index is 2110. The van der Waals surface area contributed by atoms with Crippen molar-refractivity contribution < 1.29 is 52.8 Å². The third kappa shape index (κ3) is 19.0. The average Bonchev–Trinajstić information content (AvgIpc) is 3.30. The maximum Gasteiger partial charge on any atom is 0.312 e. The van der Waals surface area contributed by atoms with Gasteiger partial charge in [0, 0.05) is 49.2 Å². The highest BCUT2D eigenvalue weighted by Crippen LogP contribution is 2.26. The van der Waals surface area contributed by atoms with Crippen LogP contribution in [0.2, 0.25) is 0 Å². The molecule has 0 radical (unpaired) electrons. The largest absolute Gasteiger partial charge is 0.392 e. The monoisotopic (exact) mass is 913 g/mol. The van der Waals surface area contributed by atoms with Gasteiger partial charge in [0.05, 0.1) is 71.7 Å². The van der Waals surface area contributed by atoms with Crippen molar-refractivity contribution in [2.45, 2.75) is 71.2 Å². The lowest BCUT2D eigenvalue weighted by molar-refractivity contribution is -0.132. The zero-order valence-corrected chi connectivity index (χ0v) is 37.7. The molecule has 4 rings (SSSR count). The van der Waals surface area contributed by atoms with E-state index >= 15 is 0 Å². The number of urea groups is 1. The first-order valence-corrected chi connectivity index (χ1v) is 22.2. The van der Waals surface area contributed by atoms with Gasteiger partial charge < -0.3 is 61.3 Å². The number of ether oxygens (including phenoxy) is 4. The van der Waals surface area contributed by atoms with Gasteiger partial charge >= 0.3 is 6.03 Å². The van der Waals surface area contributed by atoms with E-state index in [4.69, 9.17) is 24.7 Å². The minimum Gasteiger partial charge on any atom is -0.392 e. The number of carbonyl (C=O) groups excluding carboxylic acids is 6. The maximum absolute atomic E-state index is 13.4. The first-order valence-electron chi connectivity index (χ1n) is 22.2. The summed E-state index contributed by atoms with van der Waals surface area (Å²) in [5, 5.41) is 22.8. The Hall–Kier alpha value is -6.36. The van der Waals surface area contributed by atoms with E-state index in [-0.39, 0.29) is 83.0 Å². The summed E-state index contributed by atoms with van der Waals surface area (Å²) in [7, 11) is 0. The Morgan fingerprint density at radius 1 is 0.682 bits per heavy atom. The van der Waals surface area contributed by atoms with E-state index in [0.717, 1.165) is 22.4 Å². The summed E-state index contributed by atoms with van der Waals surface area (Å²) in [6, 6.07) is 19.2. The number of primary amides is 1. The number of anilines is 2. The molecule has 2 atom stereocenters. The third-order valence-electron chi connectivity index (χ3n) is 10.2. The van der Waals surface area contributed by atoms with E-state index in [9.17, 15) is 33.9 Å². The van der Waals surface area contributed by atoms with Crippen molar-refractivity contribution in [3.63, 3.8) is 0 Å². The molecule has 0 aromatic heterocycles. The van der Waals surface area contributed by atoms with Crippen LogP contribution < -0.4 is 37.2 Å². The van der Waals surface area contributed by atoms with Crippen molar-refractivity contribution >= 4 is 46.9 Å². The van der Waals surface area contributed by atoms with Gasteiger partial charge in [-0.2, -0.15) is 0 Å². The van der Waals surface area contributed by atoms with Gasteiger partial charge in [0.2, 0.25) is 29.5 Å². The van der Waals surface area contributed by atoms with E-state index in [1.54, 1.807) is 43.0 Å². The zero-order chi connectivity index (χ0) is 47.5. The van der Waals surface area contributed by atoms with Crippen LogP contribution in [-0.4, -0.2) is 119 Å². The van der Waals surface area contributed by atoms with Crippen molar-refractivity contribution in [2.75, 3.05) is 76.2 Å². The summed E-state index contributed by atoms with van der Waals surface area (Å²) in [6.07, 6.45) is 0.620. The molecule has 1 aliphatic rings. The fraction of sp³-hybridized carbons (Fsp3) is 0.458. The molecule has 1 aliphatic heterocycles. The van der Waals surface area contributed by atoms with E-state index in [0.29, 0.717) is 57.2 Å². The highest BCUT2D eigenvalue weighted by molar-refractivity contribution is 5.99. The number of hydrogen-bond acceptors (Lipinski definition) is 11. The van der Waals surface area contributed by atoms with Crippen LogP contribution in [0.4, 0.5) is 16.2 Å². The van der Waals surface area contributed by atoms with E-state index < -0.39 is 35.8 Å². The smallest absolute Gasteiger partial charge is 0.312 e. The van der Waals surface area contributed by atoms with Gasteiger partial charge in [-0.1, -0.05) is 68.2 Å². The van der Waals surface area contributed by atoms with Gasteiger partial charge in [0.1, 0.15) is 12.1 Å². The fourth-order valence-electron chi connectivity index (χ4n) is 6.59. The molecular formula is C48H63N7O11. The van der Waals surface area contributed by atoms with Gasteiger partial charge in [0.25, 0.3) is 0 Å². The van der Waals surface area contributed by atoms with Crippen molar-refractivity contribution in [3.05, 3.63) is 95.1 Å². The van der Waals surface area contributed by atoms with Gasteiger partial charge in [-0.25, -0.2) is 4.79 Å². The maximum atomic E-state index is 13.4. The number of carbonyl (C=O) groups is 6. The van der Waals surface area contributed by atoms with Gasteiger partial charge in [-0.05, 0) is 60.2 Å². The minimum atomic E-state index is -0.982. The van der Waals surface area contributed by atoms with Crippen molar-refractivity contribution in [1.82, 2.24) is 21.3 Å². The molecule has 0 saturated carbocycles. The molecule has 3 aromatic carbocycles. The van der Waals surface area contributed by atoms with Crippen LogP contribution in [-0.2, 0) is 56.1 Å². The number of aliphatic hydroxyl groups is 1. The predicted octanol–water partition coefficient (Wildman–Crippen LogP) is 2.49. The summed E-state index contributed by atoms with van der Waals surface area (Å²) < 4.78 is 22.1. The summed E-state index contributed by atoms with van der Waals surface area (Å²) in [5.74, 6) is 4.24. The van der Waals surface area contributed by atoms with E-state index in [2.05, 4.69) is 38.4 Å². The van der Waals surface area contributed by atoms with Crippen LogP contribution >= 0.6 is 0 Å². The first kappa shape index (κ1) is 52.3. The molecule has 0 spiro atoms.